The Labute approximate surface area is 144 Å². The van der Waals surface area contributed by atoms with Crippen LogP contribution in [0.2, 0.25) is 0 Å². The molecule has 0 spiro atoms. The van der Waals surface area contributed by atoms with Crippen LogP contribution in [0.5, 0.6) is 0 Å². The van der Waals surface area contributed by atoms with E-state index in [-0.39, 0.29) is 6.10 Å². The maximum atomic E-state index is 12.7. The second-order valence-corrected chi connectivity index (χ2v) is 8.23. The first-order valence-electron chi connectivity index (χ1n) is 8.24. The molecular weight excluding hydrogens is 322 g/mol. The highest BCUT2D eigenvalue weighted by Gasteiger charge is 2.26. The molecule has 0 amide bonds. The van der Waals surface area contributed by atoms with Crippen molar-refractivity contribution < 1.29 is 13.2 Å². The summed E-state index contributed by atoms with van der Waals surface area (Å²) < 4.78 is 32.7. The van der Waals surface area contributed by atoms with Gasteiger partial charge >= 0.3 is 0 Å². The van der Waals surface area contributed by atoms with Crippen LogP contribution in [0.25, 0.3) is 0 Å². The fourth-order valence-corrected chi connectivity index (χ4v) is 4.19. The molecule has 0 aromatic heterocycles. The number of likely N-dealkylation sites (N-methyl/N-ethyl adjacent to an activating group) is 1. The molecule has 1 atom stereocenters. The monoisotopic (exact) mass is 345 g/mol. The molecule has 5 heteroatoms. The first-order chi connectivity index (χ1) is 11.5. The molecule has 4 nitrogen and oxygen atoms in total. The van der Waals surface area contributed by atoms with E-state index in [1.807, 2.05) is 31.2 Å². The number of benzene rings is 2. The Balaban J connectivity index is 1.71. The number of fused-ring (bicyclic) bond motifs is 1. The molecule has 1 aliphatic heterocycles. The molecule has 0 fully saturated rings. The fourth-order valence-electron chi connectivity index (χ4n) is 2.99. The topological polar surface area (TPSA) is 46.6 Å². The number of aryl methyl sites for hydroxylation is 1. The Bertz CT molecular complexity index is 800. The summed E-state index contributed by atoms with van der Waals surface area (Å²) in [6.07, 6.45) is 1.52. The SMILES string of the molecule is CCc1ccc(S(=O)(=O)N(C)CC2Cc3ccccc3CO2)cc1. The quantitative estimate of drug-likeness (QED) is 0.837. The molecule has 0 aliphatic carbocycles. The summed E-state index contributed by atoms with van der Waals surface area (Å²) in [6.45, 7) is 2.94. The third-order valence-corrected chi connectivity index (χ3v) is 6.38. The predicted octanol–water partition coefficient (Wildman–Crippen LogP) is 3.01. The summed E-state index contributed by atoms with van der Waals surface area (Å²) in [5, 5.41) is 0. The average molecular weight is 345 g/mol. The van der Waals surface area contributed by atoms with Gasteiger partial charge in [-0.15, -0.1) is 0 Å². The van der Waals surface area contributed by atoms with Gasteiger partial charge in [0.1, 0.15) is 0 Å². The molecule has 2 aromatic rings. The zero-order valence-corrected chi connectivity index (χ0v) is 14.9. The molecule has 0 saturated carbocycles. The lowest BCUT2D eigenvalue weighted by molar-refractivity contribution is 0.0202. The van der Waals surface area contributed by atoms with E-state index < -0.39 is 10.0 Å². The van der Waals surface area contributed by atoms with E-state index in [0.29, 0.717) is 18.0 Å². The van der Waals surface area contributed by atoms with Gasteiger partial charge in [0, 0.05) is 20.0 Å². The summed E-state index contributed by atoms with van der Waals surface area (Å²) in [4.78, 5) is 0.332. The summed E-state index contributed by atoms with van der Waals surface area (Å²) in [5.74, 6) is 0. The first-order valence-corrected chi connectivity index (χ1v) is 9.68. The van der Waals surface area contributed by atoms with E-state index in [4.69, 9.17) is 4.74 Å². The second kappa shape index (κ2) is 7.05. The number of hydrogen-bond donors (Lipinski definition) is 0. The van der Waals surface area contributed by atoms with Crippen LogP contribution in [0.15, 0.2) is 53.4 Å². The van der Waals surface area contributed by atoms with E-state index in [1.54, 1.807) is 19.2 Å². The van der Waals surface area contributed by atoms with Crippen molar-refractivity contribution in [2.24, 2.45) is 0 Å². The first kappa shape index (κ1) is 17.1. The molecule has 2 aromatic carbocycles. The Morgan fingerprint density at radius 3 is 2.42 bits per heavy atom. The highest BCUT2D eigenvalue weighted by molar-refractivity contribution is 7.89. The zero-order valence-electron chi connectivity index (χ0n) is 14.1. The third-order valence-electron chi connectivity index (χ3n) is 4.54. The van der Waals surface area contributed by atoms with Crippen LogP contribution in [0.4, 0.5) is 0 Å². The zero-order chi connectivity index (χ0) is 17.2. The van der Waals surface area contributed by atoms with Crippen LogP contribution in [0.3, 0.4) is 0 Å². The van der Waals surface area contributed by atoms with Crippen LogP contribution < -0.4 is 0 Å². The van der Waals surface area contributed by atoms with Gasteiger partial charge < -0.3 is 4.74 Å². The van der Waals surface area contributed by atoms with E-state index in [0.717, 1.165) is 18.4 Å². The molecule has 0 bridgehead atoms. The normalized spacial score (nSPS) is 17.7. The average Bonchev–Trinajstić information content (AvgIpc) is 2.61. The molecule has 0 N–H and O–H groups in total. The van der Waals surface area contributed by atoms with Crippen molar-refractivity contribution in [1.82, 2.24) is 4.31 Å². The van der Waals surface area contributed by atoms with Crippen LogP contribution in [0, 0.1) is 0 Å². The molecule has 3 rings (SSSR count). The highest BCUT2D eigenvalue weighted by Crippen LogP contribution is 2.22. The molecular formula is C19H23NO3S. The maximum Gasteiger partial charge on any atom is 0.242 e. The molecule has 0 saturated heterocycles. The number of sulfonamides is 1. The minimum atomic E-state index is -3.49. The van der Waals surface area contributed by atoms with Crippen molar-refractivity contribution in [3.8, 4) is 0 Å². The van der Waals surface area contributed by atoms with Crippen LogP contribution in [0.1, 0.15) is 23.6 Å². The molecule has 24 heavy (non-hydrogen) atoms. The lowest BCUT2D eigenvalue weighted by atomic mass is 9.99. The van der Waals surface area contributed by atoms with Crippen molar-refractivity contribution in [3.05, 3.63) is 65.2 Å². The van der Waals surface area contributed by atoms with E-state index in [1.165, 1.54) is 15.4 Å². The second-order valence-electron chi connectivity index (χ2n) is 6.19. The summed E-state index contributed by atoms with van der Waals surface area (Å²) in [6, 6.07) is 15.3. The minimum Gasteiger partial charge on any atom is -0.372 e. The third kappa shape index (κ3) is 3.53. The van der Waals surface area contributed by atoms with Gasteiger partial charge in [0.25, 0.3) is 0 Å². The van der Waals surface area contributed by atoms with Gasteiger partial charge in [0.2, 0.25) is 10.0 Å². The Hall–Kier alpha value is -1.69. The van der Waals surface area contributed by atoms with Gasteiger partial charge in [0.15, 0.2) is 0 Å². The Kier molecular flexibility index (Phi) is 5.04. The van der Waals surface area contributed by atoms with Crippen molar-refractivity contribution in [1.29, 1.82) is 0 Å². The number of hydrogen-bond acceptors (Lipinski definition) is 3. The fraction of sp³-hybridized carbons (Fsp3) is 0.368. The number of ether oxygens (including phenoxy) is 1. The van der Waals surface area contributed by atoms with Crippen molar-refractivity contribution in [3.63, 3.8) is 0 Å². The molecule has 1 heterocycles. The highest BCUT2D eigenvalue weighted by atomic mass is 32.2. The lowest BCUT2D eigenvalue weighted by Gasteiger charge is -2.28. The molecule has 128 valence electrons. The molecule has 0 radical (unpaired) electrons. The largest absolute Gasteiger partial charge is 0.372 e. The number of rotatable bonds is 5. The van der Waals surface area contributed by atoms with Gasteiger partial charge in [-0.2, -0.15) is 4.31 Å². The number of nitrogens with zero attached hydrogens (tertiary/aromatic N) is 1. The maximum absolute atomic E-state index is 12.7. The van der Waals surface area contributed by atoms with Crippen LogP contribution >= 0.6 is 0 Å². The molecule has 1 aliphatic rings. The van der Waals surface area contributed by atoms with Crippen LogP contribution in [-0.4, -0.2) is 32.4 Å². The van der Waals surface area contributed by atoms with E-state index in [9.17, 15) is 8.42 Å². The minimum absolute atomic E-state index is 0.116. The van der Waals surface area contributed by atoms with Gasteiger partial charge in [-0.1, -0.05) is 43.3 Å². The van der Waals surface area contributed by atoms with E-state index in [2.05, 4.69) is 12.1 Å². The van der Waals surface area contributed by atoms with Crippen molar-refractivity contribution >= 4 is 10.0 Å². The lowest BCUT2D eigenvalue weighted by Crippen LogP contribution is -2.38. The van der Waals surface area contributed by atoms with Crippen molar-refractivity contribution in [2.45, 2.75) is 37.4 Å². The summed E-state index contributed by atoms with van der Waals surface area (Å²) in [7, 11) is -1.87. The van der Waals surface area contributed by atoms with Gasteiger partial charge in [0.05, 0.1) is 17.6 Å². The smallest absolute Gasteiger partial charge is 0.242 e. The van der Waals surface area contributed by atoms with E-state index >= 15 is 0 Å². The summed E-state index contributed by atoms with van der Waals surface area (Å²) >= 11 is 0. The van der Waals surface area contributed by atoms with Crippen molar-refractivity contribution in [2.75, 3.05) is 13.6 Å². The standard InChI is InChI=1S/C19H23NO3S/c1-3-15-8-10-19(11-9-15)24(21,22)20(2)13-18-12-16-6-4-5-7-17(16)14-23-18/h4-11,18H,3,12-14H2,1-2H3. The van der Waals surface area contributed by atoms with Crippen LogP contribution in [-0.2, 0) is 34.2 Å². The summed E-state index contributed by atoms with van der Waals surface area (Å²) in [5.41, 5.74) is 3.56. The van der Waals surface area contributed by atoms with Gasteiger partial charge in [-0.05, 0) is 35.2 Å². The van der Waals surface area contributed by atoms with Gasteiger partial charge in [-0.3, -0.25) is 0 Å². The van der Waals surface area contributed by atoms with Gasteiger partial charge in [-0.25, -0.2) is 8.42 Å². The Morgan fingerprint density at radius 1 is 1.08 bits per heavy atom. The Morgan fingerprint density at radius 2 is 1.75 bits per heavy atom. The predicted molar refractivity (Wildman–Crippen MR) is 94.4 cm³/mol. The molecule has 1 unspecified atom stereocenters.